The zero-order valence-corrected chi connectivity index (χ0v) is 13.4. The van der Waals surface area contributed by atoms with Gasteiger partial charge in [-0.2, -0.15) is 0 Å². The van der Waals surface area contributed by atoms with Gasteiger partial charge in [-0.3, -0.25) is 0 Å². The Labute approximate surface area is 144 Å². The van der Waals surface area contributed by atoms with Crippen LogP contribution in [0.5, 0.6) is 0 Å². The summed E-state index contributed by atoms with van der Waals surface area (Å²) in [6, 6.07) is 18.3. The molecular formula is C19H18N2O4. The standard InChI is InChI=1S/C19H18N2O4/c20-19(17(22)23,18(24)25-12-13-6-2-1-3-7-13)11-15-10-14-8-4-5-9-16(14)21-15/h1-10,21H,11-12,20H2,(H,22,23). The van der Waals surface area contributed by atoms with Crippen molar-refractivity contribution in [2.24, 2.45) is 5.73 Å². The van der Waals surface area contributed by atoms with Crippen LogP contribution in [0, 0.1) is 0 Å². The molecule has 25 heavy (non-hydrogen) atoms. The van der Waals surface area contributed by atoms with E-state index in [1.807, 2.05) is 30.3 Å². The molecule has 0 amide bonds. The van der Waals surface area contributed by atoms with E-state index in [9.17, 15) is 14.7 Å². The second-order valence-electron chi connectivity index (χ2n) is 5.90. The Morgan fingerprint density at radius 1 is 1.08 bits per heavy atom. The van der Waals surface area contributed by atoms with E-state index in [2.05, 4.69) is 4.98 Å². The van der Waals surface area contributed by atoms with Gasteiger partial charge in [-0.05, 0) is 23.1 Å². The van der Waals surface area contributed by atoms with Crippen LogP contribution >= 0.6 is 0 Å². The van der Waals surface area contributed by atoms with Crippen molar-refractivity contribution in [2.45, 2.75) is 18.6 Å². The van der Waals surface area contributed by atoms with Gasteiger partial charge in [0, 0.05) is 17.6 Å². The number of ether oxygens (including phenoxy) is 1. The maximum atomic E-state index is 12.4. The quantitative estimate of drug-likeness (QED) is 0.472. The fourth-order valence-electron chi connectivity index (χ4n) is 2.62. The summed E-state index contributed by atoms with van der Waals surface area (Å²) >= 11 is 0. The second kappa shape index (κ2) is 6.78. The molecule has 1 unspecified atom stereocenters. The van der Waals surface area contributed by atoms with E-state index in [-0.39, 0.29) is 13.0 Å². The number of carboxylic acid groups (broad SMARTS) is 1. The number of benzene rings is 2. The smallest absolute Gasteiger partial charge is 0.338 e. The summed E-state index contributed by atoms with van der Waals surface area (Å²) in [5.41, 5.74) is 5.92. The normalized spacial score (nSPS) is 13.3. The van der Waals surface area contributed by atoms with Crippen LogP contribution in [-0.2, 0) is 27.4 Å². The molecule has 3 aromatic rings. The lowest BCUT2D eigenvalue weighted by Gasteiger charge is -2.22. The van der Waals surface area contributed by atoms with Gasteiger partial charge in [0.25, 0.3) is 0 Å². The number of aliphatic carboxylic acids is 1. The summed E-state index contributed by atoms with van der Waals surface area (Å²) in [7, 11) is 0. The number of nitrogens with two attached hydrogens (primary N) is 1. The minimum atomic E-state index is -2.16. The predicted molar refractivity (Wildman–Crippen MR) is 92.8 cm³/mol. The first-order chi connectivity index (χ1) is 12.0. The highest BCUT2D eigenvalue weighted by Gasteiger charge is 2.44. The van der Waals surface area contributed by atoms with Gasteiger partial charge in [-0.15, -0.1) is 0 Å². The molecule has 6 heteroatoms. The zero-order chi connectivity index (χ0) is 17.9. The first-order valence-electron chi connectivity index (χ1n) is 7.79. The number of carbonyl (C=O) groups excluding carboxylic acids is 1. The number of hydrogen-bond acceptors (Lipinski definition) is 4. The molecule has 0 aliphatic rings. The van der Waals surface area contributed by atoms with Gasteiger partial charge in [0.1, 0.15) is 6.61 Å². The first-order valence-corrected chi connectivity index (χ1v) is 7.79. The minimum Gasteiger partial charge on any atom is -0.479 e. The lowest BCUT2D eigenvalue weighted by molar-refractivity contribution is -0.162. The van der Waals surface area contributed by atoms with Gasteiger partial charge in [0.15, 0.2) is 0 Å². The molecule has 0 saturated heterocycles. The van der Waals surface area contributed by atoms with Crippen LogP contribution in [0.1, 0.15) is 11.3 Å². The zero-order valence-electron chi connectivity index (χ0n) is 13.4. The lowest BCUT2D eigenvalue weighted by atomic mass is 9.95. The van der Waals surface area contributed by atoms with Crippen LogP contribution in [-0.4, -0.2) is 27.6 Å². The number of rotatable bonds is 6. The van der Waals surface area contributed by atoms with Crippen LogP contribution in [0.25, 0.3) is 10.9 Å². The minimum absolute atomic E-state index is 0.0292. The summed E-state index contributed by atoms with van der Waals surface area (Å²) in [5, 5.41) is 10.4. The SMILES string of the molecule is NC(Cc1cc2ccccc2[nH]1)(C(=O)O)C(=O)OCc1ccccc1. The van der Waals surface area contributed by atoms with Crippen molar-refractivity contribution in [2.75, 3.05) is 0 Å². The average molecular weight is 338 g/mol. The molecule has 0 fully saturated rings. The third-order valence-electron chi connectivity index (χ3n) is 4.01. The van der Waals surface area contributed by atoms with E-state index >= 15 is 0 Å². The van der Waals surface area contributed by atoms with E-state index < -0.39 is 17.5 Å². The van der Waals surface area contributed by atoms with E-state index in [4.69, 9.17) is 10.5 Å². The van der Waals surface area contributed by atoms with E-state index in [1.54, 1.807) is 30.3 Å². The molecule has 2 aromatic carbocycles. The number of H-pyrrole nitrogens is 1. The maximum Gasteiger partial charge on any atom is 0.338 e. The van der Waals surface area contributed by atoms with Crippen LogP contribution in [0.4, 0.5) is 0 Å². The van der Waals surface area contributed by atoms with Crippen molar-refractivity contribution in [3.05, 3.63) is 71.9 Å². The number of carbonyl (C=O) groups is 2. The highest BCUT2D eigenvalue weighted by Crippen LogP contribution is 2.20. The van der Waals surface area contributed by atoms with Crippen LogP contribution in [0.15, 0.2) is 60.7 Å². The fourth-order valence-corrected chi connectivity index (χ4v) is 2.62. The topological polar surface area (TPSA) is 105 Å². The average Bonchev–Trinajstić information content (AvgIpc) is 3.02. The highest BCUT2D eigenvalue weighted by molar-refractivity contribution is 6.04. The van der Waals surface area contributed by atoms with E-state index in [0.717, 1.165) is 16.5 Å². The van der Waals surface area contributed by atoms with E-state index in [1.165, 1.54) is 0 Å². The molecule has 1 heterocycles. The molecule has 4 N–H and O–H groups in total. The highest BCUT2D eigenvalue weighted by atomic mass is 16.5. The summed E-state index contributed by atoms with van der Waals surface area (Å²) in [6.45, 7) is -0.0292. The van der Waals surface area contributed by atoms with Crippen LogP contribution in [0.2, 0.25) is 0 Å². The van der Waals surface area contributed by atoms with Crippen molar-refractivity contribution in [1.82, 2.24) is 4.98 Å². The number of fused-ring (bicyclic) bond motifs is 1. The molecule has 0 aliphatic heterocycles. The Balaban J connectivity index is 1.77. The molecule has 0 aliphatic carbocycles. The number of nitrogens with one attached hydrogen (secondary N) is 1. The Morgan fingerprint density at radius 3 is 2.44 bits per heavy atom. The van der Waals surface area contributed by atoms with Crippen molar-refractivity contribution in [3.8, 4) is 0 Å². The molecular weight excluding hydrogens is 320 g/mol. The second-order valence-corrected chi connectivity index (χ2v) is 5.90. The molecule has 0 bridgehead atoms. The third kappa shape index (κ3) is 3.54. The number of aromatic nitrogens is 1. The number of para-hydroxylation sites is 1. The number of esters is 1. The Bertz CT molecular complexity index is 871. The number of aromatic amines is 1. The van der Waals surface area contributed by atoms with Gasteiger partial charge in [0.05, 0.1) is 0 Å². The summed E-state index contributed by atoms with van der Waals surface area (Å²) < 4.78 is 5.14. The molecule has 0 spiro atoms. The maximum absolute atomic E-state index is 12.4. The molecule has 128 valence electrons. The Kier molecular flexibility index (Phi) is 4.54. The monoisotopic (exact) mass is 338 g/mol. The van der Waals surface area contributed by atoms with E-state index in [0.29, 0.717) is 5.69 Å². The van der Waals surface area contributed by atoms with Gasteiger partial charge >= 0.3 is 11.9 Å². The molecule has 1 aromatic heterocycles. The van der Waals surface area contributed by atoms with Crippen LogP contribution in [0.3, 0.4) is 0 Å². The molecule has 6 nitrogen and oxygen atoms in total. The summed E-state index contributed by atoms with van der Waals surface area (Å²) in [4.78, 5) is 27.1. The summed E-state index contributed by atoms with van der Waals surface area (Å²) in [6.07, 6.45) is -0.190. The van der Waals surface area contributed by atoms with Crippen LogP contribution < -0.4 is 5.73 Å². The number of hydrogen-bond donors (Lipinski definition) is 3. The van der Waals surface area contributed by atoms with Gasteiger partial charge in [-0.1, -0.05) is 48.5 Å². The van der Waals surface area contributed by atoms with Crippen molar-refractivity contribution < 1.29 is 19.4 Å². The Morgan fingerprint density at radius 2 is 1.76 bits per heavy atom. The number of carboxylic acids is 1. The molecule has 1 atom stereocenters. The fraction of sp³-hybridized carbons (Fsp3) is 0.158. The van der Waals surface area contributed by atoms with Gasteiger partial charge < -0.3 is 20.6 Å². The molecule has 3 rings (SSSR count). The predicted octanol–water partition coefficient (Wildman–Crippen LogP) is 2.24. The van der Waals surface area contributed by atoms with Gasteiger partial charge in [0.2, 0.25) is 5.54 Å². The van der Waals surface area contributed by atoms with Crippen molar-refractivity contribution in [1.29, 1.82) is 0 Å². The third-order valence-corrected chi connectivity index (χ3v) is 4.01. The van der Waals surface area contributed by atoms with Crippen molar-refractivity contribution >= 4 is 22.8 Å². The van der Waals surface area contributed by atoms with Crippen molar-refractivity contribution in [3.63, 3.8) is 0 Å². The van der Waals surface area contributed by atoms with Gasteiger partial charge in [-0.25, -0.2) is 9.59 Å². The lowest BCUT2D eigenvalue weighted by Crippen LogP contribution is -2.57. The summed E-state index contributed by atoms with van der Waals surface area (Å²) in [5.74, 6) is -2.40. The molecule has 0 radical (unpaired) electrons. The largest absolute Gasteiger partial charge is 0.479 e. The molecule has 0 saturated carbocycles. The first kappa shape index (κ1) is 16.7. The Hall–Kier alpha value is -3.12.